The fourth-order valence-electron chi connectivity index (χ4n) is 4.10. The van der Waals surface area contributed by atoms with E-state index in [0.717, 1.165) is 37.8 Å². The van der Waals surface area contributed by atoms with Crippen LogP contribution in [-0.4, -0.2) is 46.8 Å². The molecular formula is C22H32N4O. The van der Waals surface area contributed by atoms with Crippen LogP contribution >= 0.6 is 0 Å². The lowest BCUT2D eigenvalue weighted by Gasteiger charge is -2.32. The highest BCUT2D eigenvalue weighted by atomic mass is 16.1. The molecule has 1 N–H and O–H groups in total. The first-order valence-corrected chi connectivity index (χ1v) is 10.0. The summed E-state index contributed by atoms with van der Waals surface area (Å²) in [5.41, 5.74) is 4.21. The number of hydrogen-bond acceptors (Lipinski definition) is 3. The Morgan fingerprint density at radius 2 is 2.07 bits per heavy atom. The molecule has 1 amide bonds. The van der Waals surface area contributed by atoms with Crippen LogP contribution < -0.4 is 5.32 Å². The summed E-state index contributed by atoms with van der Waals surface area (Å²) in [7, 11) is 4.16. The third-order valence-electron chi connectivity index (χ3n) is 5.46. The SMILES string of the molecule is CC(C)CN(C)C1CCc2c(c(C(=O)NCCc3ccccc3)nn2C)C1. The summed E-state index contributed by atoms with van der Waals surface area (Å²) in [5, 5.41) is 7.62. The van der Waals surface area contributed by atoms with Gasteiger partial charge in [-0.15, -0.1) is 0 Å². The lowest BCUT2D eigenvalue weighted by atomic mass is 9.90. The zero-order chi connectivity index (χ0) is 19.4. The highest BCUT2D eigenvalue weighted by molar-refractivity contribution is 5.94. The molecule has 1 atom stereocenters. The number of hydrogen-bond donors (Lipinski definition) is 1. The van der Waals surface area contributed by atoms with Gasteiger partial charge in [-0.2, -0.15) is 5.10 Å². The summed E-state index contributed by atoms with van der Waals surface area (Å²) in [6.45, 7) is 6.21. The van der Waals surface area contributed by atoms with E-state index in [1.54, 1.807) is 0 Å². The predicted molar refractivity (Wildman–Crippen MR) is 109 cm³/mol. The van der Waals surface area contributed by atoms with Crippen molar-refractivity contribution < 1.29 is 4.79 Å². The number of carbonyl (C=O) groups excluding carboxylic acids is 1. The molecular weight excluding hydrogens is 336 g/mol. The maximum Gasteiger partial charge on any atom is 0.272 e. The van der Waals surface area contributed by atoms with E-state index in [9.17, 15) is 4.79 Å². The molecule has 1 heterocycles. The maximum atomic E-state index is 12.8. The zero-order valence-electron chi connectivity index (χ0n) is 17.0. The molecule has 2 aromatic rings. The Bertz CT molecular complexity index is 766. The van der Waals surface area contributed by atoms with Crippen molar-refractivity contribution in [1.29, 1.82) is 0 Å². The first-order valence-electron chi connectivity index (χ1n) is 10.0. The van der Waals surface area contributed by atoms with Gasteiger partial charge in [-0.05, 0) is 44.2 Å². The second-order valence-corrected chi connectivity index (χ2v) is 8.12. The summed E-state index contributed by atoms with van der Waals surface area (Å²) in [5.74, 6) is 0.598. The number of aromatic nitrogens is 2. The number of fused-ring (bicyclic) bond motifs is 1. The van der Waals surface area contributed by atoms with Gasteiger partial charge in [0.05, 0.1) is 0 Å². The quantitative estimate of drug-likeness (QED) is 0.818. The number of aryl methyl sites for hydroxylation is 1. The number of carbonyl (C=O) groups is 1. The molecule has 1 aliphatic carbocycles. The molecule has 0 spiro atoms. The van der Waals surface area contributed by atoms with E-state index >= 15 is 0 Å². The lowest BCUT2D eigenvalue weighted by Crippen LogP contribution is -2.39. The van der Waals surface area contributed by atoms with Crippen LogP contribution in [0.2, 0.25) is 0 Å². The van der Waals surface area contributed by atoms with Gasteiger partial charge in [-0.25, -0.2) is 0 Å². The van der Waals surface area contributed by atoms with Crippen LogP contribution in [0, 0.1) is 5.92 Å². The van der Waals surface area contributed by atoms with Gasteiger partial charge in [0.1, 0.15) is 0 Å². The van der Waals surface area contributed by atoms with Crippen LogP contribution in [0.25, 0.3) is 0 Å². The first kappa shape index (κ1) is 19.6. The Morgan fingerprint density at radius 1 is 1.33 bits per heavy atom. The summed E-state index contributed by atoms with van der Waals surface area (Å²) in [4.78, 5) is 15.2. The zero-order valence-corrected chi connectivity index (χ0v) is 17.0. The Balaban J connectivity index is 1.65. The normalized spacial score (nSPS) is 16.6. The number of nitrogens with one attached hydrogen (secondary N) is 1. The number of likely N-dealkylation sites (N-methyl/N-ethyl adjacent to an activating group) is 1. The van der Waals surface area contributed by atoms with Crippen LogP contribution in [0.15, 0.2) is 30.3 Å². The minimum atomic E-state index is -0.0463. The van der Waals surface area contributed by atoms with Crippen LogP contribution in [0.3, 0.4) is 0 Å². The molecule has 0 radical (unpaired) electrons. The van der Waals surface area contributed by atoms with E-state index in [1.807, 2.05) is 29.9 Å². The van der Waals surface area contributed by atoms with Crippen molar-refractivity contribution >= 4 is 5.91 Å². The van der Waals surface area contributed by atoms with Gasteiger partial charge in [0.15, 0.2) is 5.69 Å². The van der Waals surface area contributed by atoms with Crippen LogP contribution in [-0.2, 0) is 26.3 Å². The highest BCUT2D eigenvalue weighted by Crippen LogP contribution is 2.27. The van der Waals surface area contributed by atoms with Crippen molar-refractivity contribution in [3.63, 3.8) is 0 Å². The van der Waals surface area contributed by atoms with Gasteiger partial charge < -0.3 is 10.2 Å². The van der Waals surface area contributed by atoms with Gasteiger partial charge in [-0.3, -0.25) is 9.48 Å². The molecule has 0 bridgehead atoms. The van der Waals surface area contributed by atoms with Crippen molar-refractivity contribution in [2.24, 2.45) is 13.0 Å². The lowest BCUT2D eigenvalue weighted by molar-refractivity contribution is 0.0946. The van der Waals surface area contributed by atoms with Gasteiger partial charge in [-0.1, -0.05) is 44.2 Å². The number of amides is 1. The van der Waals surface area contributed by atoms with E-state index in [4.69, 9.17) is 0 Å². The molecule has 27 heavy (non-hydrogen) atoms. The van der Waals surface area contributed by atoms with E-state index in [-0.39, 0.29) is 5.91 Å². The average Bonchev–Trinajstić information content (AvgIpc) is 2.98. The van der Waals surface area contributed by atoms with E-state index in [0.29, 0.717) is 24.2 Å². The molecule has 0 aliphatic heterocycles. The number of nitrogens with zero attached hydrogens (tertiary/aromatic N) is 3. The standard InChI is InChI=1S/C22H32N4O/c1-16(2)15-25(3)18-10-11-20-19(14-18)21(24-26(20)4)22(27)23-13-12-17-8-6-5-7-9-17/h5-9,16,18H,10-15H2,1-4H3,(H,23,27). The average molecular weight is 369 g/mol. The highest BCUT2D eigenvalue weighted by Gasteiger charge is 2.30. The van der Waals surface area contributed by atoms with Crippen molar-refractivity contribution in [1.82, 2.24) is 20.0 Å². The second kappa shape index (κ2) is 8.70. The smallest absolute Gasteiger partial charge is 0.272 e. The molecule has 1 aromatic carbocycles. The molecule has 0 fully saturated rings. The topological polar surface area (TPSA) is 50.2 Å². The maximum absolute atomic E-state index is 12.8. The molecule has 146 valence electrons. The molecule has 1 unspecified atom stereocenters. The third kappa shape index (κ3) is 4.78. The minimum absolute atomic E-state index is 0.0463. The van der Waals surface area contributed by atoms with Gasteiger partial charge >= 0.3 is 0 Å². The first-order chi connectivity index (χ1) is 13.0. The summed E-state index contributed by atoms with van der Waals surface area (Å²) in [6, 6.07) is 10.7. The Labute approximate surface area is 162 Å². The number of rotatable bonds is 7. The Hall–Kier alpha value is -2.14. The van der Waals surface area contributed by atoms with Crippen LogP contribution in [0.1, 0.15) is 47.6 Å². The van der Waals surface area contributed by atoms with Gasteiger partial charge in [0.25, 0.3) is 5.91 Å². The summed E-state index contributed by atoms with van der Waals surface area (Å²) in [6.07, 6.45) is 3.86. The molecule has 1 aromatic heterocycles. The molecule has 5 nitrogen and oxygen atoms in total. The minimum Gasteiger partial charge on any atom is -0.350 e. The largest absolute Gasteiger partial charge is 0.350 e. The van der Waals surface area contributed by atoms with E-state index in [2.05, 4.69) is 48.3 Å². The monoisotopic (exact) mass is 368 g/mol. The second-order valence-electron chi connectivity index (χ2n) is 8.12. The molecule has 1 aliphatic rings. The summed E-state index contributed by atoms with van der Waals surface area (Å²) < 4.78 is 1.90. The Kier molecular flexibility index (Phi) is 6.32. The van der Waals surface area contributed by atoms with Crippen LogP contribution in [0.4, 0.5) is 0 Å². The fourth-order valence-corrected chi connectivity index (χ4v) is 4.10. The molecule has 0 saturated carbocycles. The molecule has 0 saturated heterocycles. The van der Waals surface area contributed by atoms with Crippen molar-refractivity contribution in [3.8, 4) is 0 Å². The predicted octanol–water partition coefficient (Wildman–Crippen LogP) is 2.84. The van der Waals surface area contributed by atoms with Crippen LogP contribution in [0.5, 0.6) is 0 Å². The number of benzene rings is 1. The molecule has 5 heteroatoms. The van der Waals surface area contributed by atoms with Crippen molar-refractivity contribution in [2.75, 3.05) is 20.1 Å². The van der Waals surface area contributed by atoms with E-state index < -0.39 is 0 Å². The van der Waals surface area contributed by atoms with Gasteiger partial charge in [0, 0.05) is 37.4 Å². The summed E-state index contributed by atoms with van der Waals surface area (Å²) >= 11 is 0. The fraction of sp³-hybridized carbons (Fsp3) is 0.545. The molecule has 3 rings (SSSR count). The third-order valence-corrected chi connectivity index (χ3v) is 5.46. The van der Waals surface area contributed by atoms with Gasteiger partial charge in [0.2, 0.25) is 0 Å². The van der Waals surface area contributed by atoms with E-state index in [1.165, 1.54) is 11.3 Å². The van der Waals surface area contributed by atoms with Crippen molar-refractivity contribution in [3.05, 3.63) is 52.8 Å². The Morgan fingerprint density at radius 3 is 2.78 bits per heavy atom. The van der Waals surface area contributed by atoms with Crippen molar-refractivity contribution in [2.45, 2.75) is 45.6 Å².